The first-order valence-corrected chi connectivity index (χ1v) is 10.5. The highest BCUT2D eigenvalue weighted by Crippen LogP contribution is 2.44. The standard InChI is InChI=1S/C20H31N3O3/c24-17-3-1-10-22(17)11-2-12-23-13-16(8-9-18(23)25)20(26)21-19(14-4-5-14)15-6-7-15/h14-16,19H,1-13H2,(H,21,26)/t16-/m0/s1. The Morgan fingerprint density at radius 1 is 0.962 bits per heavy atom. The fraction of sp³-hybridized carbons (Fsp3) is 0.850. The molecule has 26 heavy (non-hydrogen) atoms. The smallest absolute Gasteiger partial charge is 0.225 e. The second kappa shape index (κ2) is 7.57. The lowest BCUT2D eigenvalue weighted by Crippen LogP contribution is -2.49. The quantitative estimate of drug-likeness (QED) is 0.713. The molecule has 0 bridgehead atoms. The molecule has 0 radical (unpaired) electrons. The summed E-state index contributed by atoms with van der Waals surface area (Å²) in [5.41, 5.74) is 0. The van der Waals surface area contributed by atoms with Gasteiger partial charge in [0.2, 0.25) is 17.7 Å². The van der Waals surface area contributed by atoms with Gasteiger partial charge in [0, 0.05) is 45.1 Å². The molecular formula is C20H31N3O3. The molecule has 6 heteroatoms. The highest BCUT2D eigenvalue weighted by atomic mass is 16.2. The lowest BCUT2D eigenvalue weighted by molar-refractivity contribution is -0.138. The normalized spacial score (nSPS) is 26.7. The van der Waals surface area contributed by atoms with Crippen LogP contribution in [0.3, 0.4) is 0 Å². The number of carbonyl (C=O) groups is 3. The number of piperidine rings is 1. The first-order chi connectivity index (χ1) is 12.6. The van der Waals surface area contributed by atoms with Crippen LogP contribution >= 0.6 is 0 Å². The summed E-state index contributed by atoms with van der Waals surface area (Å²) in [4.78, 5) is 40.4. The molecule has 2 aliphatic carbocycles. The molecule has 6 nitrogen and oxygen atoms in total. The molecule has 2 heterocycles. The molecule has 4 fully saturated rings. The van der Waals surface area contributed by atoms with Gasteiger partial charge in [0.05, 0.1) is 5.92 Å². The van der Waals surface area contributed by atoms with Crippen molar-refractivity contribution in [3.8, 4) is 0 Å². The number of nitrogens with one attached hydrogen (secondary N) is 1. The average molecular weight is 361 g/mol. The van der Waals surface area contributed by atoms with Gasteiger partial charge in [0.15, 0.2) is 0 Å². The van der Waals surface area contributed by atoms with Crippen LogP contribution < -0.4 is 5.32 Å². The maximum atomic E-state index is 12.7. The summed E-state index contributed by atoms with van der Waals surface area (Å²) >= 11 is 0. The van der Waals surface area contributed by atoms with E-state index in [1.54, 1.807) is 0 Å². The number of carbonyl (C=O) groups excluding carboxylic acids is 3. The van der Waals surface area contributed by atoms with Crippen LogP contribution in [-0.4, -0.2) is 59.7 Å². The molecule has 0 aromatic carbocycles. The molecule has 0 aromatic heterocycles. The Hall–Kier alpha value is -1.59. The number of rotatable bonds is 8. The van der Waals surface area contributed by atoms with E-state index in [0.29, 0.717) is 50.2 Å². The van der Waals surface area contributed by atoms with E-state index < -0.39 is 0 Å². The van der Waals surface area contributed by atoms with Crippen LogP contribution in [0.4, 0.5) is 0 Å². The van der Waals surface area contributed by atoms with Gasteiger partial charge in [-0.05, 0) is 56.8 Å². The van der Waals surface area contributed by atoms with Gasteiger partial charge in [0.25, 0.3) is 0 Å². The Morgan fingerprint density at radius 3 is 2.23 bits per heavy atom. The third kappa shape index (κ3) is 4.21. The third-order valence-electron chi connectivity index (χ3n) is 6.47. The van der Waals surface area contributed by atoms with Crippen LogP contribution in [0.25, 0.3) is 0 Å². The summed E-state index contributed by atoms with van der Waals surface area (Å²) in [5.74, 6) is 1.87. The van der Waals surface area contributed by atoms with E-state index >= 15 is 0 Å². The van der Waals surface area contributed by atoms with Crippen molar-refractivity contribution in [3.63, 3.8) is 0 Å². The molecule has 2 saturated heterocycles. The van der Waals surface area contributed by atoms with Crippen LogP contribution in [0.2, 0.25) is 0 Å². The summed E-state index contributed by atoms with van der Waals surface area (Å²) in [6, 6.07) is 0.384. The van der Waals surface area contributed by atoms with Crippen molar-refractivity contribution >= 4 is 17.7 Å². The molecule has 0 aromatic rings. The van der Waals surface area contributed by atoms with Crippen molar-refractivity contribution in [3.05, 3.63) is 0 Å². The second-order valence-corrected chi connectivity index (χ2v) is 8.62. The molecule has 144 valence electrons. The zero-order valence-corrected chi connectivity index (χ0v) is 15.6. The van der Waals surface area contributed by atoms with Crippen molar-refractivity contribution in [1.82, 2.24) is 15.1 Å². The number of nitrogens with zero attached hydrogens (tertiary/aromatic N) is 2. The van der Waals surface area contributed by atoms with Crippen LogP contribution in [0.5, 0.6) is 0 Å². The van der Waals surface area contributed by atoms with E-state index in [1.807, 2.05) is 9.80 Å². The fourth-order valence-corrected chi connectivity index (χ4v) is 4.55. The number of hydrogen-bond acceptors (Lipinski definition) is 3. The predicted octanol–water partition coefficient (Wildman–Crippen LogP) is 1.54. The van der Waals surface area contributed by atoms with E-state index in [0.717, 1.165) is 25.9 Å². The SMILES string of the molecule is O=C(NC(C1CC1)C1CC1)[C@H]1CCC(=O)N(CCCN2CCCC2=O)C1. The molecule has 2 saturated carbocycles. The highest BCUT2D eigenvalue weighted by molar-refractivity contribution is 5.84. The van der Waals surface area contributed by atoms with Crippen molar-refractivity contribution in [2.24, 2.45) is 17.8 Å². The topological polar surface area (TPSA) is 69.7 Å². The average Bonchev–Trinajstić information content (AvgIpc) is 3.54. The molecule has 4 aliphatic rings. The van der Waals surface area contributed by atoms with Crippen molar-refractivity contribution in [2.75, 3.05) is 26.2 Å². The molecule has 1 N–H and O–H groups in total. The van der Waals surface area contributed by atoms with E-state index in [-0.39, 0.29) is 23.6 Å². The van der Waals surface area contributed by atoms with Gasteiger partial charge in [0.1, 0.15) is 0 Å². The van der Waals surface area contributed by atoms with Gasteiger partial charge >= 0.3 is 0 Å². The lowest BCUT2D eigenvalue weighted by Gasteiger charge is -2.33. The first-order valence-electron chi connectivity index (χ1n) is 10.5. The minimum Gasteiger partial charge on any atom is -0.353 e. The van der Waals surface area contributed by atoms with Gasteiger partial charge in [-0.3, -0.25) is 14.4 Å². The molecule has 0 spiro atoms. The third-order valence-corrected chi connectivity index (χ3v) is 6.47. The van der Waals surface area contributed by atoms with Gasteiger partial charge in [-0.1, -0.05) is 0 Å². The van der Waals surface area contributed by atoms with E-state index in [1.165, 1.54) is 25.7 Å². The largest absolute Gasteiger partial charge is 0.353 e. The molecule has 0 unspecified atom stereocenters. The Bertz CT molecular complexity index is 559. The Morgan fingerprint density at radius 2 is 1.62 bits per heavy atom. The molecular weight excluding hydrogens is 330 g/mol. The van der Waals surface area contributed by atoms with E-state index in [4.69, 9.17) is 0 Å². The van der Waals surface area contributed by atoms with E-state index in [2.05, 4.69) is 5.32 Å². The molecule has 2 aliphatic heterocycles. The zero-order chi connectivity index (χ0) is 18.1. The summed E-state index contributed by atoms with van der Waals surface area (Å²) in [6.07, 6.45) is 8.58. The van der Waals surface area contributed by atoms with Gasteiger partial charge < -0.3 is 15.1 Å². The molecule has 3 amide bonds. The first kappa shape index (κ1) is 17.8. The van der Waals surface area contributed by atoms with Crippen LogP contribution in [0.15, 0.2) is 0 Å². The number of likely N-dealkylation sites (tertiary alicyclic amines) is 2. The fourth-order valence-electron chi connectivity index (χ4n) is 4.55. The minimum absolute atomic E-state index is 0.0684. The summed E-state index contributed by atoms with van der Waals surface area (Å²) < 4.78 is 0. The molecule has 4 rings (SSSR count). The van der Waals surface area contributed by atoms with Gasteiger partial charge in [-0.25, -0.2) is 0 Å². The van der Waals surface area contributed by atoms with Gasteiger partial charge in [-0.15, -0.1) is 0 Å². The zero-order valence-electron chi connectivity index (χ0n) is 15.6. The Balaban J connectivity index is 1.24. The monoisotopic (exact) mass is 361 g/mol. The minimum atomic E-state index is -0.0684. The summed E-state index contributed by atoms with van der Waals surface area (Å²) in [5, 5.41) is 3.32. The van der Waals surface area contributed by atoms with Crippen molar-refractivity contribution in [2.45, 2.75) is 63.8 Å². The lowest BCUT2D eigenvalue weighted by atomic mass is 9.95. The number of hydrogen-bond donors (Lipinski definition) is 1. The Kier molecular flexibility index (Phi) is 5.18. The summed E-state index contributed by atoms with van der Waals surface area (Å²) in [6.45, 7) is 2.77. The molecule has 1 atom stereocenters. The van der Waals surface area contributed by atoms with Crippen LogP contribution in [0.1, 0.15) is 57.8 Å². The second-order valence-electron chi connectivity index (χ2n) is 8.62. The maximum absolute atomic E-state index is 12.7. The van der Waals surface area contributed by atoms with Crippen LogP contribution in [-0.2, 0) is 14.4 Å². The van der Waals surface area contributed by atoms with Crippen molar-refractivity contribution < 1.29 is 14.4 Å². The number of amides is 3. The van der Waals surface area contributed by atoms with Gasteiger partial charge in [-0.2, -0.15) is 0 Å². The summed E-state index contributed by atoms with van der Waals surface area (Å²) in [7, 11) is 0. The Labute approximate surface area is 155 Å². The van der Waals surface area contributed by atoms with Crippen LogP contribution in [0, 0.1) is 17.8 Å². The highest BCUT2D eigenvalue weighted by Gasteiger charge is 2.43. The predicted molar refractivity (Wildman–Crippen MR) is 97.1 cm³/mol. The maximum Gasteiger partial charge on any atom is 0.225 e. The van der Waals surface area contributed by atoms with Crippen molar-refractivity contribution in [1.29, 1.82) is 0 Å². The van der Waals surface area contributed by atoms with E-state index in [9.17, 15) is 14.4 Å².